The summed E-state index contributed by atoms with van der Waals surface area (Å²) >= 11 is 0. The van der Waals surface area contributed by atoms with E-state index in [-0.39, 0.29) is 17.5 Å². The first-order valence-electron chi connectivity index (χ1n) is 5.96. The van der Waals surface area contributed by atoms with Crippen LogP contribution >= 0.6 is 0 Å². The highest BCUT2D eigenvalue weighted by Crippen LogP contribution is 2.26. The van der Waals surface area contributed by atoms with Crippen molar-refractivity contribution in [2.24, 2.45) is 11.8 Å². The predicted octanol–water partition coefficient (Wildman–Crippen LogP) is 3.03. The van der Waals surface area contributed by atoms with E-state index in [2.05, 4.69) is 0 Å². The second-order valence-electron chi connectivity index (χ2n) is 4.79. The van der Waals surface area contributed by atoms with Gasteiger partial charge < -0.3 is 9.84 Å². The fourth-order valence-corrected chi connectivity index (χ4v) is 2.09. The van der Waals surface area contributed by atoms with Crippen LogP contribution in [0.15, 0.2) is 18.2 Å². The lowest BCUT2D eigenvalue weighted by Crippen LogP contribution is -2.25. The average molecular weight is 240 g/mol. The molecule has 0 radical (unpaired) electrons. The fourth-order valence-electron chi connectivity index (χ4n) is 2.09. The van der Waals surface area contributed by atoms with Crippen molar-refractivity contribution < 1.29 is 14.2 Å². The van der Waals surface area contributed by atoms with E-state index in [1.807, 2.05) is 13.8 Å². The lowest BCUT2D eigenvalue weighted by Gasteiger charge is -2.24. The van der Waals surface area contributed by atoms with Crippen LogP contribution in [0.1, 0.15) is 26.3 Å². The van der Waals surface area contributed by atoms with E-state index in [0.29, 0.717) is 17.9 Å². The Hall–Kier alpha value is -1.09. The largest absolute Gasteiger partial charge is 0.494 e. The first-order chi connectivity index (χ1) is 7.97. The van der Waals surface area contributed by atoms with E-state index in [9.17, 15) is 9.50 Å². The molecule has 17 heavy (non-hydrogen) atoms. The lowest BCUT2D eigenvalue weighted by molar-refractivity contribution is 0.0970. The molecule has 0 heterocycles. The summed E-state index contributed by atoms with van der Waals surface area (Å²) in [5, 5.41) is 9.71. The minimum Gasteiger partial charge on any atom is -0.494 e. The van der Waals surface area contributed by atoms with Gasteiger partial charge in [0.05, 0.1) is 13.2 Å². The molecule has 0 aliphatic rings. The van der Waals surface area contributed by atoms with E-state index < -0.39 is 6.10 Å². The predicted molar refractivity (Wildman–Crippen MR) is 66.7 cm³/mol. The number of methoxy groups -OCH3 is 1. The maximum Gasteiger partial charge on any atom is 0.168 e. The summed E-state index contributed by atoms with van der Waals surface area (Å²) in [5.74, 6) is 0.300. The topological polar surface area (TPSA) is 29.5 Å². The highest BCUT2D eigenvalue weighted by atomic mass is 19.1. The van der Waals surface area contributed by atoms with Crippen molar-refractivity contribution in [2.45, 2.75) is 33.3 Å². The maximum absolute atomic E-state index is 14.0. The van der Waals surface area contributed by atoms with Gasteiger partial charge in [-0.2, -0.15) is 0 Å². The van der Waals surface area contributed by atoms with Crippen LogP contribution in [-0.2, 0) is 6.42 Å². The number of aliphatic hydroxyl groups is 1. The monoisotopic (exact) mass is 240 g/mol. The average Bonchev–Trinajstić information content (AvgIpc) is 2.26. The molecule has 0 aliphatic carbocycles. The molecule has 0 bridgehead atoms. The summed E-state index contributed by atoms with van der Waals surface area (Å²) in [5.41, 5.74) is 0.601. The molecule has 0 aliphatic heterocycles. The fraction of sp³-hybridized carbons (Fsp3) is 0.571. The highest BCUT2D eigenvalue weighted by molar-refractivity contribution is 5.31. The van der Waals surface area contributed by atoms with Gasteiger partial charge in [-0.1, -0.05) is 26.0 Å². The molecule has 0 saturated heterocycles. The molecule has 1 rings (SSSR count). The highest BCUT2D eigenvalue weighted by Gasteiger charge is 2.21. The number of ether oxygens (including phenoxy) is 1. The van der Waals surface area contributed by atoms with Gasteiger partial charge in [0.25, 0.3) is 0 Å². The van der Waals surface area contributed by atoms with Gasteiger partial charge in [-0.25, -0.2) is 4.39 Å². The molecule has 2 unspecified atom stereocenters. The summed E-state index contributed by atoms with van der Waals surface area (Å²) < 4.78 is 18.9. The minimum absolute atomic E-state index is 0.0524. The van der Waals surface area contributed by atoms with Crippen LogP contribution in [0.25, 0.3) is 0 Å². The lowest BCUT2D eigenvalue weighted by atomic mass is 9.85. The summed E-state index contributed by atoms with van der Waals surface area (Å²) in [6.45, 7) is 5.83. The Labute approximate surface area is 102 Å². The Morgan fingerprint density at radius 1 is 1.29 bits per heavy atom. The van der Waals surface area contributed by atoms with Gasteiger partial charge in [0.2, 0.25) is 0 Å². The molecule has 2 nitrogen and oxygen atoms in total. The summed E-state index contributed by atoms with van der Waals surface area (Å²) in [4.78, 5) is 0. The van der Waals surface area contributed by atoms with E-state index in [0.717, 1.165) is 0 Å². The zero-order valence-corrected chi connectivity index (χ0v) is 10.9. The first-order valence-corrected chi connectivity index (χ1v) is 5.96. The van der Waals surface area contributed by atoms with Crippen molar-refractivity contribution in [1.29, 1.82) is 0 Å². The van der Waals surface area contributed by atoms with Crippen molar-refractivity contribution in [3.63, 3.8) is 0 Å². The maximum atomic E-state index is 14.0. The third kappa shape index (κ3) is 3.43. The molecule has 3 heteroatoms. The van der Waals surface area contributed by atoms with E-state index in [1.54, 1.807) is 25.1 Å². The molecule has 96 valence electrons. The molecule has 1 N–H and O–H groups in total. The summed E-state index contributed by atoms with van der Waals surface area (Å²) in [6, 6.07) is 5.12. The SMILES string of the molecule is COc1cccc(CC(C(C)C)C(C)O)c1F. The minimum atomic E-state index is -0.444. The second kappa shape index (κ2) is 6.01. The van der Waals surface area contributed by atoms with Gasteiger partial charge >= 0.3 is 0 Å². The molecule has 1 aromatic rings. The Bertz CT molecular complexity index is 353. The van der Waals surface area contributed by atoms with Crippen molar-refractivity contribution in [2.75, 3.05) is 7.11 Å². The van der Waals surface area contributed by atoms with Crippen LogP contribution in [0, 0.1) is 17.7 Å². The van der Waals surface area contributed by atoms with Gasteiger partial charge in [0, 0.05) is 0 Å². The molecule has 0 fully saturated rings. The quantitative estimate of drug-likeness (QED) is 0.857. The molecular weight excluding hydrogens is 219 g/mol. The number of hydrogen-bond donors (Lipinski definition) is 1. The second-order valence-corrected chi connectivity index (χ2v) is 4.79. The first kappa shape index (κ1) is 14.0. The molecular formula is C14H21FO2. The number of halogens is 1. The van der Waals surface area contributed by atoms with E-state index in [4.69, 9.17) is 4.74 Å². The normalized spacial score (nSPS) is 14.8. The van der Waals surface area contributed by atoms with Crippen molar-refractivity contribution >= 4 is 0 Å². The van der Waals surface area contributed by atoms with Crippen LogP contribution in [-0.4, -0.2) is 18.3 Å². The third-order valence-corrected chi connectivity index (χ3v) is 3.19. The van der Waals surface area contributed by atoms with Crippen LogP contribution in [0.4, 0.5) is 4.39 Å². The van der Waals surface area contributed by atoms with E-state index >= 15 is 0 Å². The van der Waals surface area contributed by atoms with Crippen molar-refractivity contribution in [3.8, 4) is 5.75 Å². The number of benzene rings is 1. The number of hydrogen-bond acceptors (Lipinski definition) is 2. The van der Waals surface area contributed by atoms with E-state index in [1.165, 1.54) is 7.11 Å². The van der Waals surface area contributed by atoms with Gasteiger partial charge in [-0.15, -0.1) is 0 Å². The molecule has 1 aromatic carbocycles. The molecule has 0 saturated carbocycles. The van der Waals surface area contributed by atoms with Crippen LogP contribution < -0.4 is 4.74 Å². The van der Waals surface area contributed by atoms with Crippen LogP contribution in [0.5, 0.6) is 5.75 Å². The number of rotatable bonds is 5. The zero-order valence-electron chi connectivity index (χ0n) is 10.9. The Morgan fingerprint density at radius 3 is 2.41 bits per heavy atom. The summed E-state index contributed by atoms with van der Waals surface area (Å²) in [6.07, 6.45) is 0.0823. The third-order valence-electron chi connectivity index (χ3n) is 3.19. The standard InChI is InChI=1S/C14H21FO2/c1-9(2)12(10(3)16)8-11-6-5-7-13(17-4)14(11)15/h5-7,9-10,12,16H,8H2,1-4H3. The molecule has 0 amide bonds. The van der Waals surface area contributed by atoms with Gasteiger partial charge in [-0.3, -0.25) is 0 Å². The Balaban J connectivity index is 2.93. The Morgan fingerprint density at radius 2 is 1.94 bits per heavy atom. The van der Waals surface area contributed by atoms with Gasteiger partial charge in [0.15, 0.2) is 11.6 Å². The van der Waals surface area contributed by atoms with Gasteiger partial charge in [0.1, 0.15) is 0 Å². The zero-order chi connectivity index (χ0) is 13.0. The summed E-state index contributed by atoms with van der Waals surface area (Å²) in [7, 11) is 1.46. The molecule has 0 spiro atoms. The smallest absolute Gasteiger partial charge is 0.168 e. The van der Waals surface area contributed by atoms with Crippen LogP contribution in [0.2, 0.25) is 0 Å². The van der Waals surface area contributed by atoms with Crippen molar-refractivity contribution in [3.05, 3.63) is 29.6 Å². The van der Waals surface area contributed by atoms with Crippen LogP contribution in [0.3, 0.4) is 0 Å². The molecule has 0 aromatic heterocycles. The Kier molecular flexibility index (Phi) is 4.94. The molecule has 2 atom stereocenters. The number of aliphatic hydroxyl groups excluding tert-OH is 1. The van der Waals surface area contributed by atoms with Gasteiger partial charge in [-0.05, 0) is 36.8 Å². The van der Waals surface area contributed by atoms with Crippen molar-refractivity contribution in [1.82, 2.24) is 0 Å².